The molecule has 0 spiro atoms. The molecule has 22 heavy (non-hydrogen) atoms. The Bertz CT molecular complexity index is 541. The highest BCUT2D eigenvalue weighted by Crippen LogP contribution is 2.08. The van der Waals surface area contributed by atoms with Crippen molar-refractivity contribution >= 4 is 17.7 Å². The summed E-state index contributed by atoms with van der Waals surface area (Å²) in [4.78, 5) is 26.3. The van der Waals surface area contributed by atoms with Crippen molar-refractivity contribution in [2.24, 2.45) is 0 Å². The summed E-state index contributed by atoms with van der Waals surface area (Å²) in [5, 5.41) is 0. The molecule has 0 saturated carbocycles. The second-order valence-electron chi connectivity index (χ2n) is 5.02. The highest BCUT2D eigenvalue weighted by atomic mass is 16.6. The first kappa shape index (κ1) is 19.5. The minimum atomic E-state index is -0.974. The number of nitrogens with one attached hydrogen (secondary N) is 1. The van der Waals surface area contributed by atoms with Gasteiger partial charge in [-0.25, -0.2) is 9.59 Å². The molecule has 6 nitrogen and oxygen atoms in total. The van der Waals surface area contributed by atoms with Gasteiger partial charge in [0.2, 0.25) is 0 Å². The lowest BCUT2D eigenvalue weighted by molar-refractivity contribution is -0.169. The molecule has 0 saturated heterocycles. The number of benzene rings is 1. The maximum atomic E-state index is 11.7. The van der Waals surface area contributed by atoms with Crippen LogP contribution in [0.5, 0.6) is 0 Å². The molecule has 120 valence electrons. The fraction of sp³-hybridized carbons (Fsp3) is 0.438. The zero-order valence-corrected chi connectivity index (χ0v) is 13.7. The van der Waals surface area contributed by atoms with Gasteiger partial charge in [0.15, 0.2) is 0 Å². The van der Waals surface area contributed by atoms with Crippen LogP contribution in [0.4, 0.5) is 0 Å². The predicted octanol–water partition coefficient (Wildman–Crippen LogP) is 2.78. The first-order chi connectivity index (χ1) is 10.3. The predicted molar refractivity (Wildman–Crippen MR) is 81.4 cm³/mol. The molecule has 0 atom stereocenters. The number of hydrogen-bond acceptors (Lipinski definition) is 5. The van der Waals surface area contributed by atoms with E-state index in [9.17, 15) is 9.59 Å². The number of esters is 2. The van der Waals surface area contributed by atoms with E-state index in [1.165, 1.54) is 0 Å². The molecule has 6 heteroatoms. The Labute approximate surface area is 130 Å². The second kappa shape index (κ2) is 9.47. The Hall–Kier alpha value is -2.46. The lowest BCUT2D eigenvalue weighted by Gasteiger charge is -2.16. The van der Waals surface area contributed by atoms with Crippen molar-refractivity contribution in [3.05, 3.63) is 35.9 Å². The van der Waals surface area contributed by atoms with Gasteiger partial charge in [0.25, 0.3) is 0 Å². The van der Waals surface area contributed by atoms with Gasteiger partial charge in [-0.1, -0.05) is 44.2 Å². The van der Waals surface area contributed by atoms with E-state index in [0.29, 0.717) is 0 Å². The average molecular weight is 307 g/mol. The molecular formula is C16H23N2O4+. The Kier molecular flexibility index (Phi) is 8.41. The zero-order chi connectivity index (χ0) is 17.2. The first-order valence-corrected chi connectivity index (χ1v) is 7.02. The zero-order valence-electron chi connectivity index (χ0n) is 13.7. The van der Waals surface area contributed by atoms with Crippen molar-refractivity contribution < 1.29 is 23.9 Å². The molecule has 1 N–H and O–H groups in total. The van der Waals surface area contributed by atoms with Gasteiger partial charge in [0.05, 0.1) is 10.3 Å². The monoisotopic (exact) mass is 307 g/mol. The molecule has 0 heterocycles. The quantitative estimate of drug-likeness (QED) is 0.304. The molecule has 1 rings (SSSR count). The fourth-order valence-corrected chi connectivity index (χ4v) is 1.29. The number of nitrogens with zero attached hydrogens (tertiary/aromatic N) is 1. The lowest BCUT2D eigenvalue weighted by atomic mass is 10.2. The number of carbonyl (C=O) groups is 2. The number of carbonyl (C=O) groups excluding carboxylic acids is 2. The third-order valence-electron chi connectivity index (χ3n) is 2.11. The summed E-state index contributed by atoms with van der Waals surface area (Å²) < 4.78 is 9.90. The maximum absolute atomic E-state index is 11.7. The van der Waals surface area contributed by atoms with Crippen molar-refractivity contribution in [2.45, 2.75) is 46.8 Å². The maximum Gasteiger partial charge on any atom is 0.531 e. The largest absolute Gasteiger partial charge is 0.531 e. The molecule has 0 fully saturated rings. The van der Waals surface area contributed by atoms with Gasteiger partial charge in [-0.05, 0) is 26.3 Å². The highest BCUT2D eigenvalue weighted by Gasteiger charge is 2.38. The number of hydrogen-bond donors (Lipinski definition) is 1. The van der Waals surface area contributed by atoms with Crippen LogP contribution in [-0.4, -0.2) is 28.0 Å². The fourth-order valence-electron chi connectivity index (χ4n) is 1.29. The van der Waals surface area contributed by atoms with Crippen LogP contribution in [0.3, 0.4) is 0 Å². The van der Waals surface area contributed by atoms with E-state index in [0.717, 1.165) is 5.56 Å². The van der Waals surface area contributed by atoms with E-state index >= 15 is 0 Å². The smallest absolute Gasteiger partial charge is 0.452 e. The second-order valence-corrected chi connectivity index (χ2v) is 5.02. The van der Waals surface area contributed by atoms with Gasteiger partial charge in [-0.3, -0.25) is 0 Å². The summed E-state index contributed by atoms with van der Waals surface area (Å²) in [6.07, 6.45) is 0. The van der Waals surface area contributed by atoms with Crippen molar-refractivity contribution in [3.8, 4) is 0 Å². The van der Waals surface area contributed by atoms with Gasteiger partial charge >= 0.3 is 17.7 Å². The summed E-state index contributed by atoms with van der Waals surface area (Å²) in [7, 11) is 0. The lowest BCUT2D eigenvalue weighted by Crippen LogP contribution is -2.34. The summed E-state index contributed by atoms with van der Waals surface area (Å²) in [6.45, 7) is 8.97. The first-order valence-electron chi connectivity index (χ1n) is 7.02. The van der Waals surface area contributed by atoms with Gasteiger partial charge in [-0.2, -0.15) is 0 Å². The van der Waals surface area contributed by atoms with Crippen LogP contribution >= 0.6 is 0 Å². The van der Waals surface area contributed by atoms with Crippen LogP contribution in [0.2, 0.25) is 0 Å². The summed E-state index contributed by atoms with van der Waals surface area (Å²) >= 11 is 0. The molecule has 0 aliphatic carbocycles. The van der Waals surface area contributed by atoms with Gasteiger partial charge < -0.3 is 9.47 Å². The van der Waals surface area contributed by atoms with Crippen molar-refractivity contribution in [3.63, 3.8) is 0 Å². The molecule has 0 aliphatic rings. The Balaban J connectivity index is 0.00000211. The van der Waals surface area contributed by atoms with E-state index in [1.54, 1.807) is 45.0 Å². The Morgan fingerprint density at radius 1 is 1.09 bits per heavy atom. The average Bonchev–Trinajstić information content (AvgIpc) is 2.47. The van der Waals surface area contributed by atoms with E-state index in [4.69, 9.17) is 15.0 Å². The minimum absolute atomic E-state index is 0.00148. The van der Waals surface area contributed by atoms with Crippen LogP contribution in [0.15, 0.2) is 30.3 Å². The summed E-state index contributed by atoms with van der Waals surface area (Å²) in [5.41, 5.74) is 6.23. The van der Waals surface area contributed by atoms with E-state index < -0.39 is 23.3 Å². The molecule has 0 unspecified atom stereocenters. The molecule has 0 radical (unpaired) electrons. The molecular weight excluding hydrogens is 284 g/mol. The molecule has 0 aliphatic heterocycles. The SMILES string of the molecule is CC.CC(C)(C)OC(=O)C(=[N+]=N)C(=O)OCc1ccccc1. The molecule has 0 aromatic heterocycles. The third-order valence-corrected chi connectivity index (χ3v) is 2.11. The molecule has 1 aromatic rings. The highest BCUT2D eigenvalue weighted by molar-refractivity contribution is 6.60. The third kappa shape index (κ3) is 7.36. The van der Waals surface area contributed by atoms with Crippen LogP contribution < -0.4 is 0 Å². The Morgan fingerprint density at radius 3 is 2.09 bits per heavy atom. The van der Waals surface area contributed by atoms with E-state index in [-0.39, 0.29) is 6.61 Å². The van der Waals surface area contributed by atoms with Crippen LogP contribution in [0.1, 0.15) is 40.2 Å². The van der Waals surface area contributed by atoms with E-state index in [1.807, 2.05) is 19.9 Å². The number of ether oxygens (including phenoxy) is 2. The van der Waals surface area contributed by atoms with Crippen LogP contribution in [0.25, 0.3) is 0 Å². The van der Waals surface area contributed by atoms with Crippen LogP contribution in [-0.2, 0) is 25.7 Å². The van der Waals surface area contributed by atoms with Crippen molar-refractivity contribution in [2.75, 3.05) is 0 Å². The van der Waals surface area contributed by atoms with Gasteiger partial charge in [0.1, 0.15) is 12.2 Å². The van der Waals surface area contributed by atoms with E-state index in [2.05, 4.69) is 4.79 Å². The topological polar surface area (TPSA) is 90.5 Å². The normalized spacial score (nSPS) is 9.68. The van der Waals surface area contributed by atoms with Crippen molar-refractivity contribution in [1.82, 2.24) is 0 Å². The van der Waals surface area contributed by atoms with Gasteiger partial charge in [0, 0.05) is 0 Å². The summed E-state index contributed by atoms with van der Waals surface area (Å²) in [6, 6.07) is 8.99. The standard InChI is InChI=1S/C14H17N2O4.C2H6/c1-14(2,3)20-13(18)11(16-15)12(17)19-9-10-7-5-4-6-8-10;1-2/h4-8,15H,9H2,1-3H3;1-2H3/q+1;. The Morgan fingerprint density at radius 2 is 1.64 bits per heavy atom. The van der Waals surface area contributed by atoms with Crippen molar-refractivity contribution in [1.29, 1.82) is 5.53 Å². The minimum Gasteiger partial charge on any atom is -0.452 e. The van der Waals surface area contributed by atoms with Crippen LogP contribution in [0, 0.1) is 5.53 Å². The number of rotatable bonds is 4. The molecule has 1 aromatic carbocycles. The molecule has 0 bridgehead atoms. The van der Waals surface area contributed by atoms with Gasteiger partial charge in [-0.15, -0.1) is 0 Å². The summed E-state index contributed by atoms with van der Waals surface area (Å²) in [5.74, 6) is -1.94. The molecule has 0 amide bonds.